The molecule has 1 aromatic rings. The number of sulfonamides is 1. The van der Waals surface area contributed by atoms with Crippen LogP contribution in [0.15, 0.2) is 33.6 Å². The van der Waals surface area contributed by atoms with E-state index in [9.17, 15) is 13.2 Å². The number of ether oxygens (including phenoxy) is 1. The van der Waals surface area contributed by atoms with Crippen molar-refractivity contribution in [2.24, 2.45) is 10.3 Å². The van der Waals surface area contributed by atoms with E-state index in [0.717, 1.165) is 25.7 Å². The maximum absolute atomic E-state index is 13.4. The van der Waals surface area contributed by atoms with Gasteiger partial charge in [0.05, 0.1) is 18.4 Å². The minimum absolute atomic E-state index is 0.0524. The molecule has 0 N–H and O–H groups in total. The molecule has 8 nitrogen and oxygen atoms in total. The number of rotatable bonds is 4. The Morgan fingerprint density at radius 3 is 2.80 bits per heavy atom. The van der Waals surface area contributed by atoms with Crippen LogP contribution < -0.4 is 0 Å². The number of amides is 1. The highest BCUT2D eigenvalue weighted by atomic mass is 32.2. The normalized spacial score (nSPS) is 23.4. The lowest BCUT2D eigenvalue weighted by Crippen LogP contribution is -2.51. The molecule has 2 fully saturated rings. The van der Waals surface area contributed by atoms with Gasteiger partial charge < -0.3 is 14.5 Å². The SMILES string of the molecule is N#CCCN(C(=O)C1CCCN(C2=NS(=O)(=O)c3ccccc32)C1)C1CCOCC1. The zero-order valence-corrected chi connectivity index (χ0v) is 17.7. The largest absolute Gasteiger partial charge is 0.381 e. The fourth-order valence-electron chi connectivity index (χ4n) is 4.56. The third-order valence-corrected chi connectivity index (χ3v) is 7.39. The van der Waals surface area contributed by atoms with Crippen LogP contribution in [0.4, 0.5) is 0 Å². The summed E-state index contributed by atoms with van der Waals surface area (Å²) < 4.78 is 34.3. The summed E-state index contributed by atoms with van der Waals surface area (Å²) in [6.45, 7) is 2.79. The molecule has 4 rings (SSSR count). The van der Waals surface area contributed by atoms with Gasteiger partial charge in [-0.05, 0) is 37.8 Å². The van der Waals surface area contributed by atoms with Crippen LogP contribution in [0.1, 0.15) is 37.7 Å². The quantitative estimate of drug-likeness (QED) is 0.721. The van der Waals surface area contributed by atoms with Crippen LogP contribution in [0.2, 0.25) is 0 Å². The molecule has 0 aromatic heterocycles. The molecule has 0 radical (unpaired) electrons. The summed E-state index contributed by atoms with van der Waals surface area (Å²) in [5, 5.41) is 9.04. The zero-order valence-electron chi connectivity index (χ0n) is 16.9. The Labute approximate surface area is 177 Å². The molecule has 0 bridgehead atoms. The van der Waals surface area contributed by atoms with Gasteiger partial charge in [-0.25, -0.2) is 0 Å². The molecule has 1 amide bonds. The number of carbonyl (C=O) groups is 1. The summed E-state index contributed by atoms with van der Waals surface area (Å²) in [6.07, 6.45) is 3.41. The van der Waals surface area contributed by atoms with Crippen molar-refractivity contribution in [3.05, 3.63) is 29.8 Å². The first kappa shape index (κ1) is 20.8. The number of nitriles is 1. The van der Waals surface area contributed by atoms with E-state index in [1.165, 1.54) is 0 Å². The van der Waals surface area contributed by atoms with Gasteiger partial charge in [-0.1, -0.05) is 12.1 Å². The number of nitrogens with zero attached hydrogens (tertiary/aromatic N) is 4. The second-order valence-corrected chi connectivity index (χ2v) is 9.53. The third kappa shape index (κ3) is 4.07. The van der Waals surface area contributed by atoms with E-state index in [4.69, 9.17) is 10.00 Å². The first-order valence-electron chi connectivity index (χ1n) is 10.5. The van der Waals surface area contributed by atoms with Crippen molar-refractivity contribution in [3.63, 3.8) is 0 Å². The van der Waals surface area contributed by atoms with Crippen LogP contribution in [0, 0.1) is 17.2 Å². The molecule has 0 spiro atoms. The average Bonchev–Trinajstić information content (AvgIpc) is 3.06. The Morgan fingerprint density at radius 1 is 1.27 bits per heavy atom. The van der Waals surface area contributed by atoms with Crippen LogP contribution in [-0.4, -0.2) is 68.9 Å². The number of hydrogen-bond donors (Lipinski definition) is 0. The topological polar surface area (TPSA) is 103 Å². The maximum Gasteiger partial charge on any atom is 0.285 e. The van der Waals surface area contributed by atoms with Crippen LogP contribution in [0.25, 0.3) is 0 Å². The molecule has 3 aliphatic heterocycles. The number of hydrogen-bond acceptors (Lipinski definition) is 6. The van der Waals surface area contributed by atoms with E-state index < -0.39 is 10.0 Å². The van der Waals surface area contributed by atoms with Crippen molar-refractivity contribution in [2.75, 3.05) is 32.8 Å². The Hall–Kier alpha value is -2.44. The van der Waals surface area contributed by atoms with Crippen LogP contribution in [0.3, 0.4) is 0 Å². The van der Waals surface area contributed by atoms with E-state index in [0.29, 0.717) is 50.7 Å². The summed E-state index contributed by atoms with van der Waals surface area (Å²) in [7, 11) is -3.69. The molecule has 3 aliphatic rings. The molecule has 1 aromatic carbocycles. The van der Waals surface area contributed by atoms with Gasteiger partial charge in [-0.15, -0.1) is 4.40 Å². The Bertz CT molecular complexity index is 979. The number of amidine groups is 1. The highest BCUT2D eigenvalue weighted by molar-refractivity contribution is 7.90. The molecular weight excluding hydrogens is 404 g/mol. The van der Waals surface area contributed by atoms with Gasteiger partial charge in [0.15, 0.2) is 5.84 Å². The summed E-state index contributed by atoms with van der Waals surface area (Å²) >= 11 is 0. The molecule has 1 atom stereocenters. The van der Waals surface area contributed by atoms with Crippen LogP contribution in [0.5, 0.6) is 0 Å². The van der Waals surface area contributed by atoms with Gasteiger partial charge in [0, 0.05) is 44.5 Å². The third-order valence-electron chi connectivity index (χ3n) is 6.06. The Balaban J connectivity index is 1.53. The van der Waals surface area contributed by atoms with Gasteiger partial charge in [0.2, 0.25) is 5.91 Å². The van der Waals surface area contributed by atoms with Crippen LogP contribution in [-0.2, 0) is 19.6 Å². The minimum atomic E-state index is -3.69. The van der Waals surface area contributed by atoms with Gasteiger partial charge in [-0.2, -0.15) is 13.7 Å². The van der Waals surface area contributed by atoms with E-state index >= 15 is 0 Å². The lowest BCUT2D eigenvalue weighted by Gasteiger charge is -2.39. The smallest absolute Gasteiger partial charge is 0.285 e. The van der Waals surface area contributed by atoms with Gasteiger partial charge >= 0.3 is 0 Å². The number of piperidine rings is 1. The van der Waals surface area contributed by atoms with Crippen molar-refractivity contribution >= 4 is 21.8 Å². The van der Waals surface area contributed by atoms with Crippen molar-refractivity contribution < 1.29 is 17.9 Å². The van der Waals surface area contributed by atoms with Crippen molar-refractivity contribution in [3.8, 4) is 6.07 Å². The Kier molecular flexibility index (Phi) is 6.06. The number of benzene rings is 1. The fraction of sp³-hybridized carbons (Fsp3) is 0.571. The predicted molar refractivity (Wildman–Crippen MR) is 110 cm³/mol. The zero-order chi connectivity index (χ0) is 21.1. The molecule has 30 heavy (non-hydrogen) atoms. The molecule has 9 heteroatoms. The molecular formula is C21H26N4O4S. The molecule has 160 valence electrons. The van der Waals surface area contributed by atoms with E-state index in [1.807, 2.05) is 9.80 Å². The van der Waals surface area contributed by atoms with E-state index in [2.05, 4.69) is 10.5 Å². The summed E-state index contributed by atoms with van der Waals surface area (Å²) in [5.41, 5.74) is 0.608. The fourth-order valence-corrected chi connectivity index (χ4v) is 5.79. The average molecular weight is 431 g/mol. The lowest BCUT2D eigenvalue weighted by atomic mass is 9.94. The van der Waals surface area contributed by atoms with E-state index in [1.54, 1.807) is 24.3 Å². The highest BCUT2D eigenvalue weighted by Gasteiger charge is 2.37. The maximum atomic E-state index is 13.4. The number of fused-ring (bicyclic) bond motifs is 1. The second kappa shape index (κ2) is 8.74. The summed E-state index contributed by atoms with van der Waals surface area (Å²) in [4.78, 5) is 17.5. The molecule has 3 heterocycles. The lowest BCUT2D eigenvalue weighted by molar-refractivity contribution is -0.141. The minimum Gasteiger partial charge on any atom is -0.381 e. The summed E-state index contributed by atoms with van der Waals surface area (Å²) in [5.74, 6) is 0.257. The van der Waals surface area contributed by atoms with Crippen molar-refractivity contribution in [1.82, 2.24) is 9.80 Å². The number of likely N-dealkylation sites (tertiary alicyclic amines) is 1. The van der Waals surface area contributed by atoms with Gasteiger partial charge in [0.1, 0.15) is 4.90 Å². The monoisotopic (exact) mass is 430 g/mol. The number of carbonyl (C=O) groups excluding carboxylic acids is 1. The first-order valence-corrected chi connectivity index (χ1v) is 11.9. The molecule has 0 aliphatic carbocycles. The predicted octanol–water partition coefficient (Wildman–Crippen LogP) is 1.77. The van der Waals surface area contributed by atoms with Crippen molar-refractivity contribution in [2.45, 2.75) is 43.0 Å². The standard InChI is InChI=1S/C21H26N4O4S/c22-10-4-12-25(17-8-13-29-14-9-17)21(26)16-5-3-11-24(15-16)20-18-6-1-2-7-19(18)30(27,28)23-20/h1-2,6-7,16-17H,3-5,8-9,11-15H2. The molecule has 2 saturated heterocycles. The van der Waals surface area contributed by atoms with Gasteiger partial charge in [-0.3, -0.25) is 4.79 Å². The van der Waals surface area contributed by atoms with E-state index in [-0.39, 0.29) is 22.8 Å². The van der Waals surface area contributed by atoms with Gasteiger partial charge in [0.25, 0.3) is 10.0 Å². The Morgan fingerprint density at radius 2 is 2.03 bits per heavy atom. The van der Waals surface area contributed by atoms with Crippen molar-refractivity contribution in [1.29, 1.82) is 5.26 Å². The molecule has 0 saturated carbocycles. The van der Waals surface area contributed by atoms with Crippen LogP contribution >= 0.6 is 0 Å². The molecule has 1 unspecified atom stereocenters. The second-order valence-electron chi connectivity index (χ2n) is 7.95. The first-order chi connectivity index (χ1) is 14.5. The highest BCUT2D eigenvalue weighted by Crippen LogP contribution is 2.30. The summed E-state index contributed by atoms with van der Waals surface area (Å²) in [6, 6.07) is 9.08.